The summed E-state index contributed by atoms with van der Waals surface area (Å²) in [5, 5.41) is 0. The molecule has 3 aromatic rings. The topological polar surface area (TPSA) is 77.9 Å². The number of fused-ring (bicyclic) bond motifs is 1. The van der Waals surface area contributed by atoms with Crippen LogP contribution in [0.15, 0.2) is 39.4 Å². The first kappa shape index (κ1) is 21.6. The minimum Gasteiger partial charge on any atom is -0.486 e. The zero-order valence-corrected chi connectivity index (χ0v) is 19.6. The van der Waals surface area contributed by atoms with E-state index in [-0.39, 0.29) is 6.09 Å². The zero-order chi connectivity index (χ0) is 23.2. The Morgan fingerprint density at radius 3 is 2.76 bits per heavy atom. The van der Waals surface area contributed by atoms with Gasteiger partial charge >= 0.3 is 6.09 Å². The number of carbonyl (C=O) groups excluding carboxylic acids is 1. The number of nitrogens with zero attached hydrogens (tertiary/aromatic N) is 2. The fourth-order valence-electron chi connectivity index (χ4n) is 4.05. The van der Waals surface area contributed by atoms with Crippen molar-refractivity contribution in [3.05, 3.63) is 59.0 Å². The summed E-state index contributed by atoms with van der Waals surface area (Å²) in [6.45, 7) is 8.97. The maximum absolute atomic E-state index is 12.6. The van der Waals surface area contributed by atoms with E-state index in [4.69, 9.17) is 18.3 Å². The van der Waals surface area contributed by atoms with Crippen LogP contribution in [-0.4, -0.2) is 28.1 Å². The van der Waals surface area contributed by atoms with Crippen LogP contribution in [0.25, 0.3) is 11.3 Å². The van der Waals surface area contributed by atoms with Crippen LogP contribution < -0.4 is 4.74 Å². The van der Waals surface area contributed by atoms with Gasteiger partial charge in [0.1, 0.15) is 35.2 Å². The predicted molar refractivity (Wildman–Crippen MR) is 122 cm³/mol. The zero-order valence-electron chi connectivity index (χ0n) is 19.6. The van der Waals surface area contributed by atoms with Gasteiger partial charge in [-0.3, -0.25) is 0 Å². The molecule has 0 radical (unpaired) electrons. The molecule has 1 aliphatic carbocycles. The Morgan fingerprint density at radius 1 is 1.24 bits per heavy atom. The second-order valence-electron chi connectivity index (χ2n) is 9.86. The smallest absolute Gasteiger partial charge is 0.410 e. The van der Waals surface area contributed by atoms with Gasteiger partial charge < -0.3 is 23.2 Å². The third-order valence-electron chi connectivity index (χ3n) is 5.95. The van der Waals surface area contributed by atoms with Crippen LogP contribution in [0.1, 0.15) is 68.0 Å². The Labute approximate surface area is 193 Å². The van der Waals surface area contributed by atoms with Crippen LogP contribution in [0.2, 0.25) is 0 Å². The van der Waals surface area contributed by atoms with Gasteiger partial charge in [-0.15, -0.1) is 0 Å². The van der Waals surface area contributed by atoms with Crippen LogP contribution in [0.4, 0.5) is 4.79 Å². The van der Waals surface area contributed by atoms with E-state index in [0.29, 0.717) is 31.4 Å². The third-order valence-corrected chi connectivity index (χ3v) is 5.95. The summed E-state index contributed by atoms with van der Waals surface area (Å²) in [6.07, 6.45) is 4.39. The molecule has 0 unspecified atom stereocenters. The van der Waals surface area contributed by atoms with Crippen LogP contribution in [-0.2, 0) is 24.3 Å². The molecule has 0 bridgehead atoms. The lowest BCUT2D eigenvalue weighted by Gasteiger charge is -2.31. The van der Waals surface area contributed by atoms with E-state index in [1.54, 1.807) is 11.2 Å². The molecule has 1 fully saturated rings. The molecule has 0 saturated heterocycles. The first-order valence-corrected chi connectivity index (χ1v) is 11.5. The molecule has 1 amide bonds. The normalized spacial score (nSPS) is 15.9. The molecular formula is C26H30N2O5. The Hall–Kier alpha value is -3.22. The largest absolute Gasteiger partial charge is 0.486 e. The molecule has 7 nitrogen and oxygen atoms in total. The summed E-state index contributed by atoms with van der Waals surface area (Å²) in [5.74, 6) is 3.52. The molecule has 174 valence electrons. The maximum atomic E-state index is 12.6. The lowest BCUT2D eigenvalue weighted by molar-refractivity contribution is 0.0223. The quantitative estimate of drug-likeness (QED) is 0.475. The average Bonchev–Trinajstić information content (AvgIpc) is 3.33. The molecular weight excluding hydrogens is 420 g/mol. The number of benzene rings is 1. The predicted octanol–water partition coefficient (Wildman–Crippen LogP) is 5.99. The van der Waals surface area contributed by atoms with Gasteiger partial charge in [-0.2, -0.15) is 0 Å². The van der Waals surface area contributed by atoms with Crippen molar-refractivity contribution in [2.75, 3.05) is 6.54 Å². The van der Waals surface area contributed by atoms with E-state index in [2.05, 4.69) is 11.1 Å². The number of rotatable bonds is 5. The Kier molecular flexibility index (Phi) is 5.43. The van der Waals surface area contributed by atoms with E-state index in [9.17, 15) is 4.79 Å². The van der Waals surface area contributed by atoms with Gasteiger partial charge in [0.2, 0.25) is 0 Å². The highest BCUT2D eigenvalue weighted by Crippen LogP contribution is 2.40. The highest BCUT2D eigenvalue weighted by atomic mass is 16.6. The van der Waals surface area contributed by atoms with Gasteiger partial charge in [0, 0.05) is 19.0 Å². The molecule has 1 aromatic carbocycles. The fraction of sp³-hybridized carbons (Fsp3) is 0.462. The van der Waals surface area contributed by atoms with E-state index in [1.807, 2.05) is 45.9 Å². The minimum atomic E-state index is -0.524. The first-order valence-electron chi connectivity index (χ1n) is 11.5. The van der Waals surface area contributed by atoms with Crippen molar-refractivity contribution in [1.29, 1.82) is 0 Å². The highest BCUT2D eigenvalue weighted by Gasteiger charge is 2.30. The molecule has 3 heterocycles. The second-order valence-corrected chi connectivity index (χ2v) is 9.86. The number of amides is 1. The van der Waals surface area contributed by atoms with Crippen LogP contribution in [0.5, 0.6) is 5.75 Å². The van der Waals surface area contributed by atoms with Gasteiger partial charge in [0.15, 0.2) is 5.89 Å². The van der Waals surface area contributed by atoms with E-state index in [0.717, 1.165) is 53.5 Å². The summed E-state index contributed by atoms with van der Waals surface area (Å²) >= 11 is 0. The summed E-state index contributed by atoms with van der Waals surface area (Å²) in [4.78, 5) is 19.0. The maximum Gasteiger partial charge on any atom is 0.410 e. The molecule has 2 aliphatic rings. The number of ether oxygens (including phenoxy) is 2. The van der Waals surface area contributed by atoms with E-state index in [1.165, 1.54) is 5.56 Å². The molecule has 7 heteroatoms. The summed E-state index contributed by atoms with van der Waals surface area (Å²) in [7, 11) is 0. The van der Waals surface area contributed by atoms with Crippen molar-refractivity contribution in [3.8, 4) is 17.1 Å². The number of furan rings is 1. The molecule has 1 aliphatic heterocycles. The Balaban J connectivity index is 1.40. The first-order chi connectivity index (χ1) is 15.8. The van der Waals surface area contributed by atoms with E-state index >= 15 is 0 Å². The van der Waals surface area contributed by atoms with Crippen molar-refractivity contribution in [1.82, 2.24) is 9.88 Å². The van der Waals surface area contributed by atoms with Gasteiger partial charge in [-0.25, -0.2) is 9.78 Å². The van der Waals surface area contributed by atoms with Crippen molar-refractivity contribution in [2.45, 2.75) is 71.6 Å². The van der Waals surface area contributed by atoms with Gasteiger partial charge in [-0.1, -0.05) is 0 Å². The molecule has 33 heavy (non-hydrogen) atoms. The van der Waals surface area contributed by atoms with Gasteiger partial charge in [-0.05, 0) is 82.3 Å². The summed E-state index contributed by atoms with van der Waals surface area (Å²) < 4.78 is 23.4. The van der Waals surface area contributed by atoms with Crippen LogP contribution >= 0.6 is 0 Å². The highest BCUT2D eigenvalue weighted by molar-refractivity contribution is 5.71. The van der Waals surface area contributed by atoms with E-state index < -0.39 is 5.60 Å². The molecule has 5 rings (SSSR count). The number of hydrogen-bond donors (Lipinski definition) is 0. The van der Waals surface area contributed by atoms with Crippen molar-refractivity contribution >= 4 is 6.09 Å². The monoisotopic (exact) mass is 450 g/mol. The standard InChI is InChI=1S/C26H30N2O5/c1-16-21(27-24(32-16)17-7-8-17)15-31-23-13-19-14-28(25(29)33-26(2,3)4)10-9-18(19)12-20(23)22-6-5-11-30-22/h5-6,11-13,17H,7-10,14-15H2,1-4H3. The summed E-state index contributed by atoms with van der Waals surface area (Å²) in [5.41, 5.74) is 3.42. The number of aryl methyl sites for hydroxylation is 1. The molecule has 2 aromatic heterocycles. The van der Waals surface area contributed by atoms with Gasteiger partial charge in [0.25, 0.3) is 0 Å². The van der Waals surface area contributed by atoms with Gasteiger partial charge in [0.05, 0.1) is 11.8 Å². The van der Waals surface area contributed by atoms with Crippen molar-refractivity contribution < 1.29 is 23.1 Å². The number of hydrogen-bond acceptors (Lipinski definition) is 6. The van der Waals surface area contributed by atoms with Crippen LogP contribution in [0.3, 0.4) is 0 Å². The fourth-order valence-corrected chi connectivity index (χ4v) is 4.05. The molecule has 0 atom stereocenters. The van der Waals surface area contributed by atoms with Crippen LogP contribution in [0, 0.1) is 6.92 Å². The third kappa shape index (κ3) is 4.77. The lowest BCUT2D eigenvalue weighted by Crippen LogP contribution is -2.39. The van der Waals surface area contributed by atoms with Crippen molar-refractivity contribution in [2.24, 2.45) is 0 Å². The summed E-state index contributed by atoms with van der Waals surface area (Å²) in [6, 6.07) is 7.92. The molecule has 1 saturated carbocycles. The second kappa shape index (κ2) is 8.28. The average molecular weight is 451 g/mol. The number of carbonyl (C=O) groups is 1. The Morgan fingerprint density at radius 2 is 2.06 bits per heavy atom. The Bertz CT molecular complexity index is 1150. The molecule has 0 spiro atoms. The number of aromatic nitrogens is 1. The lowest BCUT2D eigenvalue weighted by atomic mass is 9.95. The SMILES string of the molecule is Cc1oc(C2CC2)nc1COc1cc2c(cc1-c1ccco1)CCN(C(=O)OC(C)(C)C)C2. The molecule has 0 N–H and O–H groups in total. The van der Waals surface area contributed by atoms with Crippen molar-refractivity contribution in [3.63, 3.8) is 0 Å². The number of oxazole rings is 1. The minimum absolute atomic E-state index is 0.295.